The van der Waals surface area contributed by atoms with E-state index >= 15 is 0 Å². The molecule has 2 aromatic carbocycles. The largest absolute Gasteiger partial charge is 0.496 e. The second-order valence-electron chi connectivity index (χ2n) is 4.70. The van der Waals surface area contributed by atoms with Crippen LogP contribution >= 0.6 is 0 Å². The summed E-state index contributed by atoms with van der Waals surface area (Å²) in [6, 6.07) is 11.2. The van der Waals surface area contributed by atoms with Gasteiger partial charge in [-0.1, -0.05) is 18.2 Å². The van der Waals surface area contributed by atoms with Crippen LogP contribution in [0.15, 0.2) is 42.5 Å². The van der Waals surface area contributed by atoms with Crippen LogP contribution in [0.4, 0.5) is 10.1 Å². The number of carbonyl (C=O) groups excluding carboxylic acids is 1. The molecule has 2 aromatic rings. The van der Waals surface area contributed by atoms with E-state index in [1.807, 2.05) is 24.3 Å². The first-order chi connectivity index (χ1) is 10.0. The zero-order valence-electron chi connectivity index (χ0n) is 12.0. The summed E-state index contributed by atoms with van der Waals surface area (Å²) in [6.07, 6.45) is 0. The summed E-state index contributed by atoms with van der Waals surface area (Å²) in [4.78, 5) is 13.9. The molecule has 0 bridgehead atoms. The summed E-state index contributed by atoms with van der Waals surface area (Å²) < 4.78 is 18.3. The molecule has 110 valence electrons. The van der Waals surface area contributed by atoms with Gasteiger partial charge in [0.25, 0.3) is 5.91 Å². The zero-order valence-corrected chi connectivity index (χ0v) is 12.0. The minimum Gasteiger partial charge on any atom is -0.496 e. The minimum atomic E-state index is -0.462. The van der Waals surface area contributed by atoms with E-state index in [-0.39, 0.29) is 17.2 Å². The summed E-state index contributed by atoms with van der Waals surface area (Å²) in [6.45, 7) is 0.375. The first-order valence-corrected chi connectivity index (χ1v) is 6.45. The lowest BCUT2D eigenvalue weighted by Crippen LogP contribution is -2.27. The number of halogens is 1. The average molecular weight is 288 g/mol. The number of hydrogen-bond donors (Lipinski definition) is 1. The van der Waals surface area contributed by atoms with Crippen molar-refractivity contribution in [2.45, 2.75) is 6.54 Å². The van der Waals surface area contributed by atoms with E-state index in [9.17, 15) is 9.18 Å². The van der Waals surface area contributed by atoms with Crippen molar-refractivity contribution in [1.29, 1.82) is 0 Å². The second kappa shape index (κ2) is 6.26. The van der Waals surface area contributed by atoms with Crippen LogP contribution in [0.25, 0.3) is 0 Å². The Kier molecular flexibility index (Phi) is 4.42. The predicted molar refractivity (Wildman–Crippen MR) is 79.6 cm³/mol. The van der Waals surface area contributed by atoms with Gasteiger partial charge in [0.15, 0.2) is 0 Å². The number of methoxy groups -OCH3 is 1. The van der Waals surface area contributed by atoms with Crippen LogP contribution in [0.2, 0.25) is 0 Å². The van der Waals surface area contributed by atoms with Crippen molar-refractivity contribution >= 4 is 11.6 Å². The molecule has 0 saturated heterocycles. The smallest absolute Gasteiger partial charge is 0.255 e. The van der Waals surface area contributed by atoms with E-state index in [0.717, 1.165) is 11.6 Å². The fraction of sp³-hybridized carbons (Fsp3) is 0.188. The summed E-state index contributed by atoms with van der Waals surface area (Å²) >= 11 is 0. The van der Waals surface area contributed by atoms with Crippen LogP contribution in [0.3, 0.4) is 0 Å². The van der Waals surface area contributed by atoms with E-state index in [0.29, 0.717) is 12.3 Å². The van der Waals surface area contributed by atoms with Crippen molar-refractivity contribution in [3.63, 3.8) is 0 Å². The maximum atomic E-state index is 13.0. The van der Waals surface area contributed by atoms with Crippen molar-refractivity contribution < 1.29 is 13.9 Å². The number of amides is 1. The molecule has 0 radical (unpaired) electrons. The highest BCUT2D eigenvalue weighted by molar-refractivity contribution is 5.98. The molecule has 5 heteroatoms. The fourth-order valence-electron chi connectivity index (χ4n) is 2.09. The molecule has 0 atom stereocenters. The number of nitrogens with zero attached hydrogens (tertiary/aromatic N) is 1. The lowest BCUT2D eigenvalue weighted by atomic mass is 10.1. The summed E-state index contributed by atoms with van der Waals surface area (Å²) in [5.41, 5.74) is 7.00. The first kappa shape index (κ1) is 14.8. The molecule has 2 rings (SSSR count). The summed E-state index contributed by atoms with van der Waals surface area (Å²) in [5, 5.41) is 0. The molecule has 1 amide bonds. The number of hydrogen-bond acceptors (Lipinski definition) is 3. The number of para-hydroxylation sites is 1. The molecular formula is C16H17FN2O2. The first-order valence-electron chi connectivity index (χ1n) is 6.45. The molecule has 0 saturated carbocycles. The number of ether oxygens (including phenoxy) is 1. The standard InChI is InChI=1S/C16H17FN2O2/c1-19(10-11-5-3-4-6-15(11)21-2)16(20)13-8-7-12(17)9-14(13)18/h3-9H,10,18H2,1-2H3. The third-order valence-corrected chi connectivity index (χ3v) is 3.19. The van der Waals surface area contributed by atoms with Gasteiger partial charge in [-0.25, -0.2) is 4.39 Å². The van der Waals surface area contributed by atoms with Crippen molar-refractivity contribution in [3.05, 3.63) is 59.4 Å². The van der Waals surface area contributed by atoms with Crippen molar-refractivity contribution in [2.24, 2.45) is 0 Å². The number of anilines is 1. The van der Waals surface area contributed by atoms with E-state index in [2.05, 4.69) is 0 Å². The minimum absolute atomic E-state index is 0.131. The molecule has 0 unspecified atom stereocenters. The monoisotopic (exact) mass is 288 g/mol. The summed E-state index contributed by atoms with van der Waals surface area (Å²) in [7, 11) is 3.25. The number of carbonyl (C=O) groups is 1. The van der Waals surface area contributed by atoms with Gasteiger partial charge in [0.1, 0.15) is 11.6 Å². The Morgan fingerprint density at radius 2 is 2.00 bits per heavy atom. The lowest BCUT2D eigenvalue weighted by molar-refractivity contribution is 0.0785. The van der Waals surface area contributed by atoms with Gasteiger partial charge in [-0.3, -0.25) is 4.79 Å². The van der Waals surface area contributed by atoms with Gasteiger partial charge in [0, 0.05) is 24.8 Å². The number of benzene rings is 2. The van der Waals surface area contributed by atoms with Crippen LogP contribution in [0.5, 0.6) is 5.75 Å². The molecule has 21 heavy (non-hydrogen) atoms. The van der Waals surface area contributed by atoms with E-state index in [1.165, 1.54) is 17.0 Å². The highest BCUT2D eigenvalue weighted by atomic mass is 19.1. The predicted octanol–water partition coefficient (Wildman–Crippen LogP) is 2.69. The van der Waals surface area contributed by atoms with Gasteiger partial charge >= 0.3 is 0 Å². The molecule has 0 fully saturated rings. The SMILES string of the molecule is COc1ccccc1CN(C)C(=O)c1ccc(F)cc1N. The second-order valence-corrected chi connectivity index (χ2v) is 4.70. The molecule has 0 aliphatic heterocycles. The molecular weight excluding hydrogens is 271 g/mol. The van der Waals surface area contributed by atoms with Crippen LogP contribution in [-0.2, 0) is 6.54 Å². The molecule has 0 spiro atoms. The van der Waals surface area contributed by atoms with Crippen molar-refractivity contribution in [2.75, 3.05) is 19.9 Å². The van der Waals surface area contributed by atoms with Gasteiger partial charge in [-0.2, -0.15) is 0 Å². The van der Waals surface area contributed by atoms with Gasteiger partial charge < -0.3 is 15.4 Å². The Morgan fingerprint density at radius 3 is 2.67 bits per heavy atom. The van der Waals surface area contributed by atoms with Crippen LogP contribution in [0, 0.1) is 5.82 Å². The van der Waals surface area contributed by atoms with Gasteiger partial charge in [0.05, 0.1) is 12.7 Å². The normalized spacial score (nSPS) is 10.2. The van der Waals surface area contributed by atoms with Crippen LogP contribution < -0.4 is 10.5 Å². The number of nitrogens with two attached hydrogens (primary N) is 1. The van der Waals surface area contributed by atoms with E-state index < -0.39 is 5.82 Å². The summed E-state index contributed by atoms with van der Waals surface area (Å²) in [5.74, 6) is -0.0148. The number of rotatable bonds is 4. The average Bonchev–Trinajstić information content (AvgIpc) is 2.47. The topological polar surface area (TPSA) is 55.6 Å². The number of nitrogen functional groups attached to an aromatic ring is 1. The van der Waals surface area contributed by atoms with Gasteiger partial charge in [-0.15, -0.1) is 0 Å². The van der Waals surface area contributed by atoms with Gasteiger partial charge in [0.2, 0.25) is 0 Å². The third kappa shape index (κ3) is 3.31. The van der Waals surface area contributed by atoms with Crippen molar-refractivity contribution in [1.82, 2.24) is 4.90 Å². The van der Waals surface area contributed by atoms with Crippen LogP contribution in [0.1, 0.15) is 15.9 Å². The van der Waals surface area contributed by atoms with Crippen molar-refractivity contribution in [3.8, 4) is 5.75 Å². The Labute approximate surface area is 122 Å². The maximum absolute atomic E-state index is 13.0. The Balaban J connectivity index is 2.19. The quantitative estimate of drug-likeness (QED) is 0.880. The third-order valence-electron chi connectivity index (χ3n) is 3.19. The molecule has 2 N–H and O–H groups in total. The van der Waals surface area contributed by atoms with Crippen LogP contribution in [-0.4, -0.2) is 25.0 Å². The maximum Gasteiger partial charge on any atom is 0.255 e. The van der Waals surface area contributed by atoms with E-state index in [1.54, 1.807) is 14.2 Å². The highest BCUT2D eigenvalue weighted by Crippen LogP contribution is 2.21. The Morgan fingerprint density at radius 1 is 1.29 bits per heavy atom. The van der Waals surface area contributed by atoms with Gasteiger partial charge in [-0.05, 0) is 24.3 Å². The Bertz CT molecular complexity index is 658. The molecule has 0 heterocycles. The Hall–Kier alpha value is -2.56. The van der Waals surface area contributed by atoms with E-state index in [4.69, 9.17) is 10.5 Å². The molecule has 0 aliphatic rings. The highest BCUT2D eigenvalue weighted by Gasteiger charge is 2.16. The molecule has 0 aromatic heterocycles. The zero-order chi connectivity index (χ0) is 15.4. The molecule has 0 aliphatic carbocycles. The lowest BCUT2D eigenvalue weighted by Gasteiger charge is -2.19. The fourth-order valence-corrected chi connectivity index (χ4v) is 2.09. The molecule has 4 nitrogen and oxygen atoms in total.